The molecule has 0 unspecified atom stereocenters. The molecule has 0 atom stereocenters. The van der Waals surface area contributed by atoms with Crippen molar-refractivity contribution in [1.29, 1.82) is 0 Å². The third kappa shape index (κ3) is 3.36. The quantitative estimate of drug-likeness (QED) is 0.658. The largest absolute Gasteiger partial charge is 0.478 e. The molecule has 19 heavy (non-hydrogen) atoms. The molecule has 0 heterocycles. The van der Waals surface area contributed by atoms with Crippen LogP contribution < -0.4 is 4.90 Å². The fourth-order valence-corrected chi connectivity index (χ4v) is 1.70. The number of benzene rings is 1. The maximum atomic E-state index is 12.3. The minimum absolute atomic E-state index is 0.104. The summed E-state index contributed by atoms with van der Waals surface area (Å²) in [6, 6.07) is 2.06. The summed E-state index contributed by atoms with van der Waals surface area (Å²) in [6.07, 6.45) is -2.63. The van der Waals surface area contributed by atoms with Gasteiger partial charge in [0.1, 0.15) is 0 Å². The monoisotopic (exact) mass is 274 g/mol. The SMILES string of the molecule is Cc1c(N(C)CC(F)F)cc(C(=O)O)cc1[N+](=O)[O-]. The summed E-state index contributed by atoms with van der Waals surface area (Å²) in [4.78, 5) is 22.1. The van der Waals surface area contributed by atoms with E-state index in [0.29, 0.717) is 0 Å². The van der Waals surface area contributed by atoms with Crippen molar-refractivity contribution in [1.82, 2.24) is 0 Å². The molecule has 0 aromatic heterocycles. The lowest BCUT2D eigenvalue weighted by Crippen LogP contribution is -2.25. The normalized spacial score (nSPS) is 10.6. The molecule has 0 spiro atoms. The van der Waals surface area contributed by atoms with Gasteiger partial charge in [-0.25, -0.2) is 13.6 Å². The van der Waals surface area contributed by atoms with Crippen LogP contribution in [0.25, 0.3) is 0 Å². The Morgan fingerprint density at radius 1 is 1.53 bits per heavy atom. The Morgan fingerprint density at radius 2 is 2.11 bits per heavy atom. The summed E-state index contributed by atoms with van der Waals surface area (Å²) >= 11 is 0. The highest BCUT2D eigenvalue weighted by atomic mass is 19.3. The van der Waals surface area contributed by atoms with Gasteiger partial charge in [0.2, 0.25) is 0 Å². The summed E-state index contributed by atoms with van der Waals surface area (Å²) in [5.74, 6) is -1.35. The van der Waals surface area contributed by atoms with Crippen LogP contribution >= 0.6 is 0 Å². The highest BCUT2D eigenvalue weighted by Crippen LogP contribution is 2.30. The van der Waals surface area contributed by atoms with E-state index in [-0.39, 0.29) is 16.8 Å². The average Bonchev–Trinajstić information content (AvgIpc) is 2.27. The number of carboxylic acids is 1. The number of carboxylic acid groups (broad SMARTS) is 1. The zero-order valence-electron chi connectivity index (χ0n) is 10.3. The van der Waals surface area contributed by atoms with Crippen LogP contribution in [0.5, 0.6) is 0 Å². The minimum Gasteiger partial charge on any atom is -0.478 e. The van der Waals surface area contributed by atoms with Gasteiger partial charge in [0, 0.05) is 18.8 Å². The molecule has 1 aromatic rings. The Bertz CT molecular complexity index is 520. The van der Waals surface area contributed by atoms with Crippen molar-refractivity contribution < 1.29 is 23.6 Å². The third-order valence-electron chi connectivity index (χ3n) is 2.62. The van der Waals surface area contributed by atoms with Gasteiger partial charge in [-0.15, -0.1) is 0 Å². The van der Waals surface area contributed by atoms with Crippen LogP contribution in [0.2, 0.25) is 0 Å². The number of hydrogen-bond donors (Lipinski definition) is 1. The van der Waals surface area contributed by atoms with Crippen LogP contribution in [-0.4, -0.2) is 36.0 Å². The van der Waals surface area contributed by atoms with Gasteiger partial charge in [0.05, 0.1) is 22.6 Å². The summed E-state index contributed by atoms with van der Waals surface area (Å²) in [5, 5.41) is 19.7. The van der Waals surface area contributed by atoms with E-state index in [1.807, 2.05) is 0 Å². The lowest BCUT2D eigenvalue weighted by atomic mass is 10.1. The molecule has 1 aromatic carbocycles. The molecule has 0 aliphatic carbocycles. The second-order valence-electron chi connectivity index (χ2n) is 3.97. The molecule has 6 nitrogen and oxygen atoms in total. The molecule has 0 fully saturated rings. The second kappa shape index (κ2) is 5.59. The molecule has 1 rings (SSSR count). The summed E-state index contributed by atoms with van der Waals surface area (Å²) in [5.41, 5.74) is -0.463. The fourth-order valence-electron chi connectivity index (χ4n) is 1.70. The molecule has 8 heteroatoms. The Balaban J connectivity index is 3.37. The second-order valence-corrected chi connectivity index (χ2v) is 3.97. The van der Waals surface area contributed by atoms with Gasteiger partial charge < -0.3 is 10.0 Å². The van der Waals surface area contributed by atoms with E-state index >= 15 is 0 Å². The zero-order chi connectivity index (χ0) is 14.7. The predicted molar refractivity (Wildman–Crippen MR) is 64.1 cm³/mol. The molecule has 0 bridgehead atoms. The first-order valence-corrected chi connectivity index (χ1v) is 5.25. The molecule has 0 aliphatic rings. The summed E-state index contributed by atoms with van der Waals surface area (Å²) in [6.45, 7) is 0.752. The molecule has 0 radical (unpaired) electrons. The number of aromatic carboxylic acids is 1. The van der Waals surface area contributed by atoms with Gasteiger partial charge in [-0.3, -0.25) is 10.1 Å². The van der Waals surface area contributed by atoms with Crippen molar-refractivity contribution in [3.63, 3.8) is 0 Å². The van der Waals surface area contributed by atoms with Crippen LogP contribution in [0.15, 0.2) is 12.1 Å². The molecule has 104 valence electrons. The van der Waals surface area contributed by atoms with E-state index in [1.165, 1.54) is 14.0 Å². The minimum atomic E-state index is -2.63. The number of carbonyl (C=O) groups is 1. The summed E-state index contributed by atoms with van der Waals surface area (Å²) in [7, 11) is 1.32. The number of nitro groups is 1. The maximum absolute atomic E-state index is 12.3. The van der Waals surface area contributed by atoms with Crippen LogP contribution in [0.3, 0.4) is 0 Å². The highest BCUT2D eigenvalue weighted by molar-refractivity contribution is 5.90. The molecule has 0 saturated carbocycles. The Hall–Kier alpha value is -2.25. The molecule has 0 aliphatic heterocycles. The predicted octanol–water partition coefficient (Wildman–Crippen LogP) is 2.30. The molecule has 0 saturated heterocycles. The molecule has 1 N–H and O–H groups in total. The number of halogens is 2. The van der Waals surface area contributed by atoms with E-state index in [9.17, 15) is 23.7 Å². The van der Waals surface area contributed by atoms with Crippen LogP contribution in [0.4, 0.5) is 20.2 Å². The number of rotatable bonds is 5. The lowest BCUT2D eigenvalue weighted by Gasteiger charge is -2.21. The number of alkyl halides is 2. The van der Waals surface area contributed by atoms with Crippen molar-refractivity contribution in [3.8, 4) is 0 Å². The van der Waals surface area contributed by atoms with Gasteiger partial charge in [-0.2, -0.15) is 0 Å². The molecular weight excluding hydrogens is 262 g/mol. The van der Waals surface area contributed by atoms with Crippen LogP contribution in [-0.2, 0) is 0 Å². The van der Waals surface area contributed by atoms with Crippen molar-refractivity contribution >= 4 is 17.3 Å². The van der Waals surface area contributed by atoms with Gasteiger partial charge in [0.15, 0.2) is 0 Å². The van der Waals surface area contributed by atoms with E-state index in [0.717, 1.165) is 17.0 Å². The first-order valence-electron chi connectivity index (χ1n) is 5.25. The maximum Gasteiger partial charge on any atom is 0.336 e. The Labute approximate surface area is 107 Å². The van der Waals surface area contributed by atoms with Gasteiger partial charge in [-0.05, 0) is 13.0 Å². The van der Waals surface area contributed by atoms with E-state index in [4.69, 9.17) is 5.11 Å². The highest BCUT2D eigenvalue weighted by Gasteiger charge is 2.22. The average molecular weight is 274 g/mol. The number of nitrogens with zero attached hydrogens (tertiary/aromatic N) is 2. The van der Waals surface area contributed by atoms with Gasteiger partial charge in [-0.1, -0.05) is 0 Å². The van der Waals surface area contributed by atoms with Gasteiger partial charge in [0.25, 0.3) is 12.1 Å². The topological polar surface area (TPSA) is 83.7 Å². The zero-order valence-corrected chi connectivity index (χ0v) is 10.3. The molecule has 0 amide bonds. The Kier molecular flexibility index (Phi) is 4.36. The first kappa shape index (κ1) is 14.8. The van der Waals surface area contributed by atoms with E-state index in [2.05, 4.69) is 0 Å². The number of hydrogen-bond acceptors (Lipinski definition) is 4. The standard InChI is InChI=1S/C11H12F2N2O4/c1-6-8(14(2)5-10(12)13)3-7(11(16)17)4-9(6)15(18)19/h3-4,10H,5H2,1-2H3,(H,16,17). The fraction of sp³-hybridized carbons (Fsp3) is 0.364. The van der Waals surface area contributed by atoms with Crippen molar-refractivity contribution in [2.24, 2.45) is 0 Å². The van der Waals surface area contributed by atoms with Crippen LogP contribution in [0, 0.1) is 17.0 Å². The van der Waals surface area contributed by atoms with Crippen LogP contribution in [0.1, 0.15) is 15.9 Å². The smallest absolute Gasteiger partial charge is 0.336 e. The van der Waals surface area contributed by atoms with Crippen molar-refractivity contribution in [2.45, 2.75) is 13.3 Å². The summed E-state index contributed by atoms with van der Waals surface area (Å²) < 4.78 is 24.7. The van der Waals surface area contributed by atoms with E-state index < -0.39 is 29.6 Å². The first-order chi connectivity index (χ1) is 8.73. The van der Waals surface area contributed by atoms with Crippen molar-refractivity contribution in [3.05, 3.63) is 33.4 Å². The third-order valence-corrected chi connectivity index (χ3v) is 2.62. The lowest BCUT2D eigenvalue weighted by molar-refractivity contribution is -0.385. The van der Waals surface area contributed by atoms with Crippen molar-refractivity contribution in [2.75, 3.05) is 18.5 Å². The molecular formula is C11H12F2N2O4. The van der Waals surface area contributed by atoms with E-state index in [1.54, 1.807) is 0 Å². The Morgan fingerprint density at radius 3 is 2.53 bits per heavy atom. The number of anilines is 1. The number of nitro benzene ring substituents is 1. The van der Waals surface area contributed by atoms with Gasteiger partial charge >= 0.3 is 5.97 Å².